The van der Waals surface area contributed by atoms with E-state index in [1.807, 2.05) is 0 Å². The van der Waals surface area contributed by atoms with Crippen LogP contribution in [-0.2, 0) is 22.3 Å². The zero-order valence-corrected chi connectivity index (χ0v) is 12.1. The SMILES string of the molecule is CCC(=O)N[C@@H]1CC(=O)N(Cc2ccccc2C(F)(F)F)C1. The zero-order valence-electron chi connectivity index (χ0n) is 12.1. The van der Waals surface area contributed by atoms with Crippen LogP contribution >= 0.6 is 0 Å². The summed E-state index contributed by atoms with van der Waals surface area (Å²) in [6, 6.07) is 4.88. The summed E-state index contributed by atoms with van der Waals surface area (Å²) < 4.78 is 38.9. The van der Waals surface area contributed by atoms with E-state index in [-0.39, 0.29) is 42.9 Å². The van der Waals surface area contributed by atoms with Gasteiger partial charge >= 0.3 is 6.18 Å². The van der Waals surface area contributed by atoms with Gasteiger partial charge < -0.3 is 10.2 Å². The first-order valence-electron chi connectivity index (χ1n) is 7.03. The Morgan fingerprint density at radius 1 is 1.36 bits per heavy atom. The van der Waals surface area contributed by atoms with E-state index in [4.69, 9.17) is 0 Å². The van der Waals surface area contributed by atoms with Gasteiger partial charge in [-0.05, 0) is 11.6 Å². The number of hydrogen-bond acceptors (Lipinski definition) is 2. The van der Waals surface area contributed by atoms with Gasteiger partial charge in [0.2, 0.25) is 11.8 Å². The molecule has 1 atom stereocenters. The number of alkyl halides is 3. The van der Waals surface area contributed by atoms with Crippen molar-refractivity contribution in [2.75, 3.05) is 6.54 Å². The van der Waals surface area contributed by atoms with Crippen LogP contribution < -0.4 is 5.32 Å². The van der Waals surface area contributed by atoms with Crippen LogP contribution in [0.5, 0.6) is 0 Å². The van der Waals surface area contributed by atoms with E-state index in [2.05, 4.69) is 5.32 Å². The number of carbonyl (C=O) groups excluding carboxylic acids is 2. The fraction of sp³-hybridized carbons (Fsp3) is 0.467. The van der Waals surface area contributed by atoms with E-state index in [0.717, 1.165) is 6.07 Å². The van der Waals surface area contributed by atoms with Gasteiger partial charge in [-0.25, -0.2) is 0 Å². The summed E-state index contributed by atoms with van der Waals surface area (Å²) in [7, 11) is 0. The third-order valence-electron chi connectivity index (χ3n) is 3.58. The van der Waals surface area contributed by atoms with Crippen molar-refractivity contribution in [3.63, 3.8) is 0 Å². The molecule has 0 aliphatic carbocycles. The number of benzene rings is 1. The van der Waals surface area contributed by atoms with Crippen LogP contribution in [0.3, 0.4) is 0 Å². The third-order valence-corrected chi connectivity index (χ3v) is 3.58. The van der Waals surface area contributed by atoms with Crippen LogP contribution in [0.1, 0.15) is 30.9 Å². The van der Waals surface area contributed by atoms with Crippen LogP contribution in [0, 0.1) is 0 Å². The molecule has 0 bridgehead atoms. The van der Waals surface area contributed by atoms with Gasteiger partial charge in [-0.15, -0.1) is 0 Å². The molecule has 2 amide bonds. The maximum Gasteiger partial charge on any atom is 0.416 e. The number of halogens is 3. The van der Waals surface area contributed by atoms with Crippen LogP contribution in [-0.4, -0.2) is 29.3 Å². The van der Waals surface area contributed by atoms with Gasteiger partial charge in [0.15, 0.2) is 0 Å². The van der Waals surface area contributed by atoms with Crippen LogP contribution in [0.4, 0.5) is 13.2 Å². The topological polar surface area (TPSA) is 49.4 Å². The molecule has 1 saturated heterocycles. The second-order valence-corrected chi connectivity index (χ2v) is 5.25. The molecule has 1 fully saturated rings. The van der Waals surface area contributed by atoms with Crippen molar-refractivity contribution in [2.45, 2.75) is 38.5 Å². The molecule has 7 heteroatoms. The highest BCUT2D eigenvalue weighted by Crippen LogP contribution is 2.32. The molecule has 0 saturated carbocycles. The van der Waals surface area contributed by atoms with Gasteiger partial charge in [-0.1, -0.05) is 25.1 Å². The summed E-state index contributed by atoms with van der Waals surface area (Å²) in [4.78, 5) is 24.6. The minimum Gasteiger partial charge on any atom is -0.351 e. The Morgan fingerprint density at radius 2 is 2.05 bits per heavy atom. The first kappa shape index (κ1) is 16.3. The highest BCUT2D eigenvalue weighted by molar-refractivity contribution is 5.82. The van der Waals surface area contributed by atoms with Gasteiger partial charge in [0.05, 0.1) is 11.6 Å². The quantitative estimate of drug-likeness (QED) is 0.927. The highest BCUT2D eigenvalue weighted by Gasteiger charge is 2.35. The molecule has 1 aromatic rings. The monoisotopic (exact) mass is 314 g/mol. The number of amides is 2. The van der Waals surface area contributed by atoms with Crippen LogP contribution in [0.2, 0.25) is 0 Å². The molecule has 4 nitrogen and oxygen atoms in total. The Morgan fingerprint density at radius 3 is 2.68 bits per heavy atom. The average Bonchev–Trinajstić information content (AvgIpc) is 2.78. The Bertz CT molecular complexity index is 572. The standard InChI is InChI=1S/C15H17F3N2O2/c1-2-13(21)19-11-7-14(22)20(9-11)8-10-5-3-4-6-12(10)15(16,17)18/h3-6,11H,2,7-9H2,1H3,(H,19,21)/t11-/m1/s1. The van der Waals surface area contributed by atoms with Crippen molar-refractivity contribution in [3.8, 4) is 0 Å². The van der Waals surface area contributed by atoms with Gasteiger partial charge in [0, 0.05) is 25.9 Å². The van der Waals surface area contributed by atoms with Crippen LogP contribution in [0.25, 0.3) is 0 Å². The molecule has 0 unspecified atom stereocenters. The van der Waals surface area contributed by atoms with Crippen molar-refractivity contribution in [3.05, 3.63) is 35.4 Å². The summed E-state index contributed by atoms with van der Waals surface area (Å²) in [5.74, 6) is -0.422. The Hall–Kier alpha value is -2.05. The number of likely N-dealkylation sites (tertiary alicyclic amines) is 1. The maximum atomic E-state index is 13.0. The Balaban J connectivity index is 2.09. The van der Waals surface area contributed by atoms with Crippen molar-refractivity contribution in [1.82, 2.24) is 10.2 Å². The van der Waals surface area contributed by atoms with E-state index in [1.165, 1.54) is 23.1 Å². The minimum absolute atomic E-state index is 0.0609. The Kier molecular flexibility index (Phi) is 4.73. The number of rotatable bonds is 4. The minimum atomic E-state index is -4.45. The lowest BCUT2D eigenvalue weighted by Crippen LogP contribution is -2.36. The lowest BCUT2D eigenvalue weighted by atomic mass is 10.1. The van der Waals surface area contributed by atoms with E-state index in [0.29, 0.717) is 6.42 Å². The van der Waals surface area contributed by atoms with E-state index < -0.39 is 11.7 Å². The van der Waals surface area contributed by atoms with Crippen molar-refractivity contribution < 1.29 is 22.8 Å². The number of nitrogens with zero attached hydrogens (tertiary/aromatic N) is 1. The molecule has 0 spiro atoms. The second kappa shape index (κ2) is 6.37. The number of hydrogen-bond donors (Lipinski definition) is 1. The fourth-order valence-electron chi connectivity index (χ4n) is 2.49. The van der Waals surface area contributed by atoms with Gasteiger partial charge in [-0.2, -0.15) is 13.2 Å². The van der Waals surface area contributed by atoms with E-state index in [1.54, 1.807) is 6.92 Å². The molecule has 1 heterocycles. The molecule has 1 aliphatic heterocycles. The molecule has 2 rings (SSSR count). The fourth-order valence-corrected chi connectivity index (χ4v) is 2.49. The average molecular weight is 314 g/mol. The molecule has 0 radical (unpaired) electrons. The first-order valence-corrected chi connectivity index (χ1v) is 7.03. The summed E-state index contributed by atoms with van der Waals surface area (Å²) >= 11 is 0. The lowest BCUT2D eigenvalue weighted by Gasteiger charge is -2.20. The summed E-state index contributed by atoms with van der Waals surface area (Å²) in [6.07, 6.45) is -4.02. The number of carbonyl (C=O) groups is 2. The molecule has 1 N–H and O–H groups in total. The van der Waals surface area contributed by atoms with Crippen molar-refractivity contribution >= 4 is 11.8 Å². The molecule has 0 aromatic heterocycles. The van der Waals surface area contributed by atoms with Gasteiger partial charge in [-0.3, -0.25) is 9.59 Å². The van der Waals surface area contributed by atoms with Crippen LogP contribution in [0.15, 0.2) is 24.3 Å². The predicted molar refractivity (Wildman–Crippen MR) is 73.7 cm³/mol. The van der Waals surface area contributed by atoms with Crippen molar-refractivity contribution in [2.24, 2.45) is 0 Å². The van der Waals surface area contributed by atoms with E-state index in [9.17, 15) is 22.8 Å². The molecule has 1 aromatic carbocycles. The largest absolute Gasteiger partial charge is 0.416 e. The summed E-state index contributed by atoms with van der Waals surface area (Å²) in [5, 5.41) is 2.70. The van der Waals surface area contributed by atoms with E-state index >= 15 is 0 Å². The maximum absolute atomic E-state index is 13.0. The third kappa shape index (κ3) is 3.78. The smallest absolute Gasteiger partial charge is 0.351 e. The predicted octanol–water partition coefficient (Wildman–Crippen LogP) is 2.33. The summed E-state index contributed by atoms with van der Waals surface area (Å²) in [5.41, 5.74) is -0.672. The van der Waals surface area contributed by atoms with Gasteiger partial charge in [0.1, 0.15) is 0 Å². The van der Waals surface area contributed by atoms with Crippen molar-refractivity contribution in [1.29, 1.82) is 0 Å². The Labute approximate surface area is 126 Å². The first-order chi connectivity index (χ1) is 10.3. The molecule has 22 heavy (non-hydrogen) atoms. The normalized spacial score (nSPS) is 18.6. The molecule has 120 valence electrons. The molecule has 1 aliphatic rings. The zero-order chi connectivity index (χ0) is 16.3. The summed E-state index contributed by atoms with van der Waals surface area (Å²) in [6.45, 7) is 1.83. The highest BCUT2D eigenvalue weighted by atomic mass is 19.4. The molecular weight excluding hydrogens is 297 g/mol. The second-order valence-electron chi connectivity index (χ2n) is 5.25. The number of nitrogens with one attached hydrogen (secondary N) is 1. The van der Waals surface area contributed by atoms with Gasteiger partial charge in [0.25, 0.3) is 0 Å². The lowest BCUT2D eigenvalue weighted by molar-refractivity contribution is -0.139. The molecular formula is C15H17F3N2O2.